The van der Waals surface area contributed by atoms with Crippen LogP contribution in [-0.2, 0) is 4.74 Å². The van der Waals surface area contributed by atoms with Crippen LogP contribution in [0.25, 0.3) is 0 Å². The Labute approximate surface area is 72.0 Å². The Bertz CT molecular complexity index is 255. The molecule has 6 nitrogen and oxygen atoms in total. The molecule has 1 N–H and O–H groups in total. The molecule has 0 spiro atoms. The fourth-order valence-corrected chi connectivity index (χ4v) is 0.940. The molecule has 0 saturated heterocycles. The number of thioether (sulfide) groups is 1. The van der Waals surface area contributed by atoms with Crippen molar-refractivity contribution in [2.75, 3.05) is 5.94 Å². The van der Waals surface area contributed by atoms with E-state index in [-0.39, 0.29) is 5.94 Å². The van der Waals surface area contributed by atoms with Crippen LogP contribution in [0.3, 0.4) is 0 Å². The van der Waals surface area contributed by atoms with E-state index >= 15 is 0 Å². The molecule has 1 rings (SSSR count). The van der Waals surface area contributed by atoms with Crippen LogP contribution < -0.4 is 0 Å². The van der Waals surface area contributed by atoms with Crippen molar-refractivity contribution >= 4 is 17.9 Å². The maximum Gasteiger partial charge on any atom is 0.506 e. The molecule has 0 amide bonds. The van der Waals surface area contributed by atoms with Crippen molar-refractivity contribution in [3.63, 3.8) is 0 Å². The Balaban J connectivity index is 2.29. The van der Waals surface area contributed by atoms with Gasteiger partial charge in [-0.15, -0.1) is 5.10 Å². The Morgan fingerprint density at radius 1 is 1.67 bits per heavy atom. The quantitative estimate of drug-likeness (QED) is 0.421. The fraction of sp³-hybridized carbons (Fsp3) is 0.200. The average Bonchev–Trinajstić information content (AvgIpc) is 2.05. The number of hydrogen-bond donors (Lipinski definition) is 1. The maximum absolute atomic E-state index is 9.90. The predicted molar refractivity (Wildman–Crippen MR) is 39.7 cm³/mol. The Hall–Kier alpha value is -1.37. The van der Waals surface area contributed by atoms with Crippen LogP contribution >= 0.6 is 11.8 Å². The van der Waals surface area contributed by atoms with E-state index in [9.17, 15) is 4.79 Å². The Kier molecular flexibility index (Phi) is 3.27. The first-order chi connectivity index (χ1) is 5.79. The van der Waals surface area contributed by atoms with Gasteiger partial charge in [0.15, 0.2) is 0 Å². The van der Waals surface area contributed by atoms with E-state index in [1.807, 2.05) is 0 Å². The smallest absolute Gasteiger partial charge is 0.450 e. The molecular weight excluding hydrogens is 182 g/mol. The molecule has 1 heterocycles. The first-order valence-corrected chi connectivity index (χ1v) is 3.90. The third-order valence-electron chi connectivity index (χ3n) is 0.832. The number of ether oxygens (including phenoxy) is 1. The van der Waals surface area contributed by atoms with E-state index < -0.39 is 6.16 Å². The number of hydrogen-bond acceptors (Lipinski definition) is 6. The van der Waals surface area contributed by atoms with Gasteiger partial charge in [0.2, 0.25) is 5.16 Å². The molecule has 1 aromatic rings. The van der Waals surface area contributed by atoms with E-state index in [1.54, 1.807) is 0 Å². The largest absolute Gasteiger partial charge is 0.506 e. The number of nitrogens with zero attached hydrogens (tertiary/aromatic N) is 3. The van der Waals surface area contributed by atoms with Crippen molar-refractivity contribution in [3.8, 4) is 0 Å². The summed E-state index contributed by atoms with van der Waals surface area (Å²) in [4.78, 5) is 13.7. The van der Waals surface area contributed by atoms with Crippen molar-refractivity contribution in [1.82, 2.24) is 15.2 Å². The van der Waals surface area contributed by atoms with Crippen LogP contribution in [-0.4, -0.2) is 32.4 Å². The van der Waals surface area contributed by atoms with Crippen LogP contribution in [0.2, 0.25) is 0 Å². The van der Waals surface area contributed by atoms with Gasteiger partial charge in [0.05, 0.1) is 12.4 Å². The molecule has 12 heavy (non-hydrogen) atoms. The summed E-state index contributed by atoms with van der Waals surface area (Å²) in [5, 5.41) is 15.6. The second kappa shape index (κ2) is 4.50. The Morgan fingerprint density at radius 3 is 3.08 bits per heavy atom. The summed E-state index contributed by atoms with van der Waals surface area (Å²) >= 11 is 1.06. The molecule has 0 atom stereocenters. The lowest BCUT2D eigenvalue weighted by Gasteiger charge is -1.96. The van der Waals surface area contributed by atoms with Crippen LogP contribution in [0, 0.1) is 0 Å². The van der Waals surface area contributed by atoms with Gasteiger partial charge >= 0.3 is 6.16 Å². The second-order valence-electron chi connectivity index (χ2n) is 1.60. The van der Waals surface area contributed by atoms with Gasteiger partial charge in [-0.3, -0.25) is 0 Å². The number of carbonyl (C=O) groups is 1. The maximum atomic E-state index is 9.90. The first kappa shape index (κ1) is 8.72. The molecule has 0 saturated carbocycles. The lowest BCUT2D eigenvalue weighted by Crippen LogP contribution is -1.99. The number of aromatic nitrogens is 3. The predicted octanol–water partition coefficient (Wildman–Crippen LogP) is 0.616. The summed E-state index contributed by atoms with van der Waals surface area (Å²) in [6, 6.07) is 0. The number of carboxylic acid groups (broad SMARTS) is 1. The van der Waals surface area contributed by atoms with Gasteiger partial charge in [-0.2, -0.15) is 5.10 Å². The SMILES string of the molecule is O=C(O)OCSc1nccnn1. The zero-order valence-electron chi connectivity index (χ0n) is 5.88. The summed E-state index contributed by atoms with van der Waals surface area (Å²) in [7, 11) is 0. The lowest BCUT2D eigenvalue weighted by atomic mass is 10.9. The lowest BCUT2D eigenvalue weighted by molar-refractivity contribution is 0.109. The highest BCUT2D eigenvalue weighted by molar-refractivity contribution is 7.99. The molecule has 64 valence electrons. The van der Waals surface area contributed by atoms with E-state index in [0.29, 0.717) is 5.16 Å². The van der Waals surface area contributed by atoms with Crippen molar-refractivity contribution in [1.29, 1.82) is 0 Å². The standard InChI is InChI=1S/C5H5N3O3S/c9-5(10)11-3-12-4-6-1-2-7-8-4/h1-2H,3H2,(H,9,10). The van der Waals surface area contributed by atoms with Gasteiger partial charge in [0.1, 0.15) is 5.94 Å². The van der Waals surface area contributed by atoms with Crippen molar-refractivity contribution < 1.29 is 14.6 Å². The summed E-state index contributed by atoms with van der Waals surface area (Å²) in [5.74, 6) is -0.0268. The van der Waals surface area contributed by atoms with Gasteiger partial charge in [-0.1, -0.05) is 0 Å². The fourth-order valence-electron chi connectivity index (χ4n) is 0.434. The average molecular weight is 187 g/mol. The van der Waals surface area contributed by atoms with Gasteiger partial charge in [-0.05, 0) is 11.8 Å². The van der Waals surface area contributed by atoms with Crippen LogP contribution in [0.1, 0.15) is 0 Å². The highest BCUT2D eigenvalue weighted by atomic mass is 32.2. The van der Waals surface area contributed by atoms with Gasteiger partial charge < -0.3 is 9.84 Å². The van der Waals surface area contributed by atoms with Gasteiger partial charge in [-0.25, -0.2) is 9.78 Å². The molecule has 0 fully saturated rings. The minimum Gasteiger partial charge on any atom is -0.450 e. The minimum absolute atomic E-state index is 0.0268. The number of rotatable bonds is 3. The zero-order valence-corrected chi connectivity index (χ0v) is 6.69. The molecule has 0 unspecified atom stereocenters. The molecule has 0 aliphatic rings. The third kappa shape index (κ3) is 3.15. The molecule has 7 heteroatoms. The highest BCUT2D eigenvalue weighted by Crippen LogP contribution is 2.09. The zero-order chi connectivity index (χ0) is 8.81. The van der Waals surface area contributed by atoms with E-state index in [0.717, 1.165) is 11.8 Å². The summed E-state index contributed by atoms with van der Waals surface area (Å²) in [6.45, 7) is 0. The summed E-state index contributed by atoms with van der Waals surface area (Å²) in [5.41, 5.74) is 0. The van der Waals surface area contributed by atoms with Crippen molar-refractivity contribution in [2.45, 2.75) is 5.16 Å². The highest BCUT2D eigenvalue weighted by Gasteiger charge is 1.99. The van der Waals surface area contributed by atoms with E-state index in [4.69, 9.17) is 5.11 Å². The molecular formula is C5H5N3O3S. The second-order valence-corrected chi connectivity index (χ2v) is 2.49. The van der Waals surface area contributed by atoms with Crippen LogP contribution in [0.4, 0.5) is 4.79 Å². The normalized spacial score (nSPS) is 9.33. The van der Waals surface area contributed by atoms with Gasteiger partial charge in [0.25, 0.3) is 0 Å². The molecule has 0 aromatic carbocycles. The molecule has 0 aliphatic carbocycles. The Morgan fingerprint density at radius 2 is 2.50 bits per heavy atom. The van der Waals surface area contributed by atoms with Gasteiger partial charge in [0, 0.05) is 0 Å². The van der Waals surface area contributed by atoms with E-state index in [2.05, 4.69) is 19.9 Å². The van der Waals surface area contributed by atoms with E-state index in [1.165, 1.54) is 12.4 Å². The minimum atomic E-state index is -1.31. The topological polar surface area (TPSA) is 85.2 Å². The first-order valence-electron chi connectivity index (χ1n) is 2.91. The monoisotopic (exact) mass is 187 g/mol. The summed E-state index contributed by atoms with van der Waals surface area (Å²) < 4.78 is 4.22. The molecule has 1 aromatic heterocycles. The van der Waals surface area contributed by atoms with Crippen LogP contribution in [0.15, 0.2) is 17.6 Å². The van der Waals surface area contributed by atoms with Crippen LogP contribution in [0.5, 0.6) is 0 Å². The molecule has 0 aliphatic heterocycles. The third-order valence-corrected chi connectivity index (χ3v) is 1.51. The van der Waals surface area contributed by atoms with Crippen molar-refractivity contribution in [2.24, 2.45) is 0 Å². The van der Waals surface area contributed by atoms with Crippen molar-refractivity contribution in [3.05, 3.63) is 12.4 Å². The molecule has 0 radical (unpaired) electrons. The molecule has 0 bridgehead atoms. The summed E-state index contributed by atoms with van der Waals surface area (Å²) in [6.07, 6.45) is 1.59.